The van der Waals surface area contributed by atoms with Crippen LogP contribution in [0.2, 0.25) is 0 Å². The van der Waals surface area contributed by atoms with E-state index >= 15 is 0 Å². The van der Waals surface area contributed by atoms with E-state index in [2.05, 4.69) is 127 Å². The first kappa shape index (κ1) is 32.2. The molecule has 0 saturated carbocycles. The first-order valence-electron chi connectivity index (χ1n) is 16.2. The van der Waals surface area contributed by atoms with Crippen molar-refractivity contribution < 1.29 is 25.8 Å². The van der Waals surface area contributed by atoms with Crippen molar-refractivity contribution in [3.05, 3.63) is 163 Å². The second-order valence-corrected chi connectivity index (χ2v) is 12.9. The first-order valence-corrected chi connectivity index (χ1v) is 16.2. The van der Waals surface area contributed by atoms with Crippen LogP contribution < -0.4 is 4.74 Å². The predicted octanol–water partition coefficient (Wildman–Crippen LogP) is 11.3. The molecule has 0 fully saturated rings. The number of hydrogen-bond donors (Lipinski definition) is 0. The summed E-state index contributed by atoms with van der Waals surface area (Å²) in [6.07, 6.45) is 1.78. The average Bonchev–Trinajstić information content (AvgIpc) is 3.45. The Morgan fingerprint density at radius 3 is 2.02 bits per heavy atom. The minimum atomic E-state index is 0. The van der Waals surface area contributed by atoms with E-state index in [1.54, 1.807) is 6.20 Å². The molecule has 5 heteroatoms. The summed E-state index contributed by atoms with van der Waals surface area (Å²) in [7, 11) is 0. The topological polar surface area (TPSA) is 39.9 Å². The molecule has 0 aliphatic heterocycles. The molecule has 0 unspecified atom stereocenters. The molecular weight excluding hydrogens is 782 g/mol. The smallest absolute Gasteiger partial charge is 0.497 e. The minimum Gasteiger partial charge on any atom is -0.497 e. The van der Waals surface area contributed by atoms with E-state index in [4.69, 9.17) is 9.72 Å². The molecule has 0 saturated heterocycles. The number of para-hydroxylation sites is 1. The average molecular weight is 815 g/mol. The Bertz CT molecular complexity index is 2410. The molecule has 0 radical (unpaired) electrons. The van der Waals surface area contributed by atoms with Crippen LogP contribution in [0.5, 0.6) is 11.5 Å². The van der Waals surface area contributed by atoms with Crippen molar-refractivity contribution >= 4 is 21.9 Å². The standard InChI is InChI=1S/C44H33N3O.Pt/c1-44(2,3)33-22-25-42(38(29-33)30-13-5-4-6-14-30)47-41-21-8-7-19-36(41)37-23-24-40(46-43(37)47)32-16-12-18-35(28-32)48-34-17-11-15-31(27-34)39-20-9-10-26-45-39;/h4-26,29H,1-3H3;/q-2;+2. The molecular formula is C44H33N3OPt. The van der Waals surface area contributed by atoms with Crippen LogP contribution in [-0.4, -0.2) is 14.5 Å². The van der Waals surface area contributed by atoms with Crippen molar-refractivity contribution in [2.45, 2.75) is 26.2 Å². The maximum Gasteiger partial charge on any atom is 2.00 e. The summed E-state index contributed by atoms with van der Waals surface area (Å²) >= 11 is 0. The zero-order chi connectivity index (χ0) is 32.7. The van der Waals surface area contributed by atoms with Crippen molar-refractivity contribution in [2.75, 3.05) is 0 Å². The SMILES string of the molecule is CC(C)(C)c1ccc(-n2c3ccccc3c3ccc(-c4[c-]c(Oc5[c-]c(-c6ccccn6)ccc5)ccc4)nc32)c(-c2ccccc2)c1.[Pt+2]. The van der Waals surface area contributed by atoms with Crippen molar-refractivity contribution in [3.8, 4) is 50.8 Å². The molecule has 5 aromatic carbocycles. The summed E-state index contributed by atoms with van der Waals surface area (Å²) in [5, 5.41) is 2.26. The fourth-order valence-electron chi connectivity index (χ4n) is 6.23. The zero-order valence-electron chi connectivity index (χ0n) is 27.4. The van der Waals surface area contributed by atoms with Gasteiger partial charge in [0.1, 0.15) is 5.65 Å². The van der Waals surface area contributed by atoms with E-state index in [1.165, 1.54) is 16.7 Å². The van der Waals surface area contributed by atoms with Crippen LogP contribution in [0.4, 0.5) is 0 Å². The largest absolute Gasteiger partial charge is 2.00 e. The van der Waals surface area contributed by atoms with E-state index in [1.807, 2.05) is 54.6 Å². The van der Waals surface area contributed by atoms with Gasteiger partial charge < -0.3 is 9.72 Å². The third-order valence-electron chi connectivity index (χ3n) is 8.68. The van der Waals surface area contributed by atoms with E-state index in [9.17, 15) is 0 Å². The first-order chi connectivity index (χ1) is 23.4. The van der Waals surface area contributed by atoms with E-state index in [0.29, 0.717) is 11.5 Å². The summed E-state index contributed by atoms with van der Waals surface area (Å²) < 4.78 is 8.57. The van der Waals surface area contributed by atoms with Crippen molar-refractivity contribution in [1.29, 1.82) is 0 Å². The van der Waals surface area contributed by atoms with E-state index < -0.39 is 0 Å². The number of hydrogen-bond acceptors (Lipinski definition) is 3. The number of fused-ring (bicyclic) bond motifs is 3. The van der Waals surface area contributed by atoms with Crippen LogP contribution in [0.25, 0.3) is 61.3 Å². The number of nitrogens with zero attached hydrogens (tertiary/aromatic N) is 3. The molecule has 0 N–H and O–H groups in total. The Kier molecular flexibility index (Phi) is 8.75. The normalized spacial score (nSPS) is 11.4. The summed E-state index contributed by atoms with van der Waals surface area (Å²) in [5.74, 6) is 1.19. The Morgan fingerprint density at radius 2 is 1.31 bits per heavy atom. The molecule has 240 valence electrons. The van der Waals surface area contributed by atoms with Crippen LogP contribution in [0.1, 0.15) is 26.3 Å². The van der Waals surface area contributed by atoms with Gasteiger partial charge in [-0.25, -0.2) is 0 Å². The predicted molar refractivity (Wildman–Crippen MR) is 196 cm³/mol. The van der Waals surface area contributed by atoms with Gasteiger partial charge in [0.05, 0.1) is 11.2 Å². The van der Waals surface area contributed by atoms with Gasteiger partial charge in [-0.3, -0.25) is 9.55 Å². The summed E-state index contributed by atoms with van der Waals surface area (Å²) in [6.45, 7) is 6.78. The van der Waals surface area contributed by atoms with Crippen molar-refractivity contribution in [3.63, 3.8) is 0 Å². The molecule has 3 heterocycles. The van der Waals surface area contributed by atoms with Crippen molar-refractivity contribution in [2.24, 2.45) is 0 Å². The van der Waals surface area contributed by atoms with Gasteiger partial charge in [0, 0.05) is 34.0 Å². The minimum absolute atomic E-state index is 0. The fourth-order valence-corrected chi connectivity index (χ4v) is 6.23. The van der Waals surface area contributed by atoms with Crippen LogP contribution in [-0.2, 0) is 26.5 Å². The Hall–Kier alpha value is -5.31. The van der Waals surface area contributed by atoms with Crippen molar-refractivity contribution in [1.82, 2.24) is 14.5 Å². The molecule has 49 heavy (non-hydrogen) atoms. The van der Waals surface area contributed by atoms with E-state index in [0.717, 1.165) is 50.1 Å². The number of benzene rings is 5. The maximum atomic E-state index is 6.26. The second kappa shape index (κ2) is 13.3. The van der Waals surface area contributed by atoms with Crippen LogP contribution in [0, 0.1) is 12.1 Å². The molecule has 0 bridgehead atoms. The van der Waals surface area contributed by atoms with Crippen LogP contribution in [0.3, 0.4) is 0 Å². The summed E-state index contributed by atoms with van der Waals surface area (Å²) in [5.41, 5.74) is 10.1. The molecule has 8 aromatic rings. The monoisotopic (exact) mass is 814 g/mol. The van der Waals surface area contributed by atoms with Gasteiger partial charge in [-0.1, -0.05) is 112 Å². The quantitative estimate of drug-likeness (QED) is 0.157. The number of ether oxygens (including phenoxy) is 1. The Morgan fingerprint density at radius 1 is 0.612 bits per heavy atom. The molecule has 0 amide bonds. The summed E-state index contributed by atoms with van der Waals surface area (Å²) in [6, 6.07) is 54.6. The molecule has 3 aromatic heterocycles. The van der Waals surface area contributed by atoms with Gasteiger partial charge in [0.15, 0.2) is 0 Å². The second-order valence-electron chi connectivity index (χ2n) is 12.9. The Balaban J connectivity index is 0.00000378. The van der Waals surface area contributed by atoms with Crippen LogP contribution >= 0.6 is 0 Å². The maximum absolute atomic E-state index is 6.26. The van der Waals surface area contributed by atoms with Gasteiger partial charge in [0.25, 0.3) is 0 Å². The summed E-state index contributed by atoms with van der Waals surface area (Å²) in [4.78, 5) is 9.78. The van der Waals surface area contributed by atoms with Gasteiger partial charge in [-0.2, -0.15) is 0 Å². The van der Waals surface area contributed by atoms with Gasteiger partial charge in [-0.15, -0.1) is 47.5 Å². The third kappa shape index (κ3) is 6.33. The number of aromatic nitrogens is 3. The number of pyridine rings is 2. The van der Waals surface area contributed by atoms with Gasteiger partial charge >= 0.3 is 21.1 Å². The molecule has 0 spiro atoms. The van der Waals surface area contributed by atoms with Crippen LogP contribution in [0.15, 0.2) is 146 Å². The molecule has 8 rings (SSSR count). The van der Waals surface area contributed by atoms with Gasteiger partial charge in [0.2, 0.25) is 0 Å². The molecule has 0 atom stereocenters. The fraction of sp³-hybridized carbons (Fsp3) is 0.0909. The van der Waals surface area contributed by atoms with Gasteiger partial charge in [-0.05, 0) is 52.2 Å². The molecule has 4 nitrogen and oxygen atoms in total. The molecule has 0 aliphatic rings. The zero-order valence-corrected chi connectivity index (χ0v) is 29.7. The Labute approximate surface area is 301 Å². The number of rotatable bonds is 6. The third-order valence-corrected chi connectivity index (χ3v) is 8.68. The molecule has 0 aliphatic carbocycles. The van der Waals surface area contributed by atoms with E-state index in [-0.39, 0.29) is 26.5 Å².